The molecule has 1 saturated heterocycles. The molecule has 0 saturated carbocycles. The number of methoxy groups -OCH3 is 1. The van der Waals surface area contributed by atoms with E-state index in [4.69, 9.17) is 14.9 Å². The van der Waals surface area contributed by atoms with Gasteiger partial charge in [-0.25, -0.2) is 4.79 Å². The van der Waals surface area contributed by atoms with Crippen LogP contribution in [0.1, 0.15) is 44.1 Å². The number of aromatic nitrogens is 2. The number of anilines is 1. The van der Waals surface area contributed by atoms with Crippen molar-refractivity contribution in [3.05, 3.63) is 42.1 Å². The number of primary amides is 1. The van der Waals surface area contributed by atoms with Crippen molar-refractivity contribution >= 4 is 35.9 Å². The first-order valence-electron chi connectivity index (χ1n) is 14.8. The fourth-order valence-electron chi connectivity index (χ4n) is 5.29. The zero-order valence-corrected chi connectivity index (χ0v) is 25.8. The van der Waals surface area contributed by atoms with E-state index in [9.17, 15) is 24.0 Å². The molecule has 0 spiro atoms. The summed E-state index contributed by atoms with van der Waals surface area (Å²) >= 11 is 0. The number of likely N-dealkylation sites (tertiary alicyclic amines) is 1. The third-order valence-electron chi connectivity index (χ3n) is 7.77. The van der Waals surface area contributed by atoms with E-state index in [1.165, 1.54) is 7.11 Å². The van der Waals surface area contributed by atoms with Crippen LogP contribution in [0.4, 0.5) is 10.5 Å². The number of likely N-dealkylation sites (N-methyl/N-ethyl adjacent to an activating group) is 1. The molecule has 246 valence electrons. The van der Waals surface area contributed by atoms with Gasteiger partial charge < -0.3 is 46.4 Å². The molecule has 6 amide bonds. The predicted molar refractivity (Wildman–Crippen MR) is 162 cm³/mol. The van der Waals surface area contributed by atoms with Crippen molar-refractivity contribution < 1.29 is 33.1 Å². The van der Waals surface area contributed by atoms with Gasteiger partial charge in [0.15, 0.2) is 0 Å². The normalized spacial score (nSPS) is 17.0. The molecule has 0 aliphatic carbocycles. The number of nitrogens with zero attached hydrogens (tertiary/aromatic N) is 3. The quantitative estimate of drug-likeness (QED) is 0.0929. The number of rotatable bonds is 18. The molecule has 0 radical (unpaired) electrons. The Kier molecular flexibility index (Phi) is 13.7. The highest BCUT2D eigenvalue weighted by Gasteiger charge is 2.38. The van der Waals surface area contributed by atoms with E-state index in [0.717, 1.165) is 31.2 Å². The molecule has 1 fully saturated rings. The molecule has 5 atom stereocenters. The summed E-state index contributed by atoms with van der Waals surface area (Å²) in [5.41, 5.74) is 6.39. The molecule has 1 aromatic carbocycles. The smallest absolute Gasteiger partial charge is 0.312 e. The number of urea groups is 1. The van der Waals surface area contributed by atoms with Crippen molar-refractivity contribution in [3.8, 4) is 0 Å². The Morgan fingerprint density at radius 1 is 1.13 bits per heavy atom. The number of hydrogen-bond acceptors (Lipinski definition) is 10. The lowest BCUT2D eigenvalue weighted by molar-refractivity contribution is -0.136. The molecule has 1 aromatic heterocycles. The number of nitrogens with one attached hydrogen (secondary N) is 5. The van der Waals surface area contributed by atoms with Crippen LogP contribution in [0.5, 0.6) is 0 Å². The molecule has 3 rings (SSSR count). The first kappa shape index (κ1) is 34.9. The van der Waals surface area contributed by atoms with Gasteiger partial charge in [0.05, 0.1) is 30.5 Å². The van der Waals surface area contributed by atoms with Gasteiger partial charge in [0.1, 0.15) is 6.04 Å². The van der Waals surface area contributed by atoms with E-state index in [0.29, 0.717) is 31.6 Å². The average Bonchev–Trinajstić information content (AvgIpc) is 3.72. The summed E-state index contributed by atoms with van der Waals surface area (Å²) in [6.45, 7) is 2.83. The topological polar surface area (TPSA) is 223 Å². The largest absolute Gasteiger partial charge is 0.428 e. The Morgan fingerprint density at radius 3 is 2.51 bits per heavy atom. The minimum absolute atomic E-state index is 0.0258. The first-order valence-corrected chi connectivity index (χ1v) is 14.8. The number of ether oxygens (including phenoxy) is 1. The standard InChI is InChI=1S/C29H43N9O7/c1-18(25(44-3)23-7-5-13-38(23)17-39)26(40)36-22(14-24-37-34-16-45-24)27(41)33-15-19-8-10-20(11-9-19)35-28(42)21(31-2)6-4-12-32-29(30)43/h8-11,16-18,21-23,25,31H,4-7,12-15H2,1-3H3,(H,33,41)(H,35,42)(H,36,40)(H3,30,32,43). The molecule has 7 N–H and O–H groups in total. The summed E-state index contributed by atoms with van der Waals surface area (Å²) in [7, 11) is 3.18. The van der Waals surface area contributed by atoms with Crippen LogP contribution in [0.3, 0.4) is 0 Å². The molecule has 0 bridgehead atoms. The van der Waals surface area contributed by atoms with E-state index < -0.39 is 42.0 Å². The van der Waals surface area contributed by atoms with Gasteiger partial charge in [0, 0.05) is 32.4 Å². The maximum Gasteiger partial charge on any atom is 0.312 e. The Hall–Kier alpha value is -4.57. The molecule has 16 nitrogen and oxygen atoms in total. The van der Waals surface area contributed by atoms with Gasteiger partial charge in [0.2, 0.25) is 36.4 Å². The zero-order chi connectivity index (χ0) is 32.8. The Labute approximate surface area is 261 Å². The Balaban J connectivity index is 1.57. The lowest BCUT2D eigenvalue weighted by atomic mass is 9.94. The molecular formula is C29H43N9O7. The van der Waals surface area contributed by atoms with Gasteiger partial charge in [-0.15, -0.1) is 10.2 Å². The van der Waals surface area contributed by atoms with Crippen molar-refractivity contribution in [2.45, 2.75) is 69.8 Å². The lowest BCUT2D eigenvalue weighted by Gasteiger charge is -2.32. The minimum atomic E-state index is -1.01. The average molecular weight is 630 g/mol. The van der Waals surface area contributed by atoms with Gasteiger partial charge >= 0.3 is 6.03 Å². The van der Waals surface area contributed by atoms with Crippen molar-refractivity contribution in [2.24, 2.45) is 11.7 Å². The van der Waals surface area contributed by atoms with Crippen molar-refractivity contribution in [1.29, 1.82) is 0 Å². The van der Waals surface area contributed by atoms with Crippen LogP contribution < -0.4 is 32.3 Å². The minimum Gasteiger partial charge on any atom is -0.428 e. The third kappa shape index (κ3) is 10.5. The lowest BCUT2D eigenvalue weighted by Crippen LogP contribution is -2.53. The first-order chi connectivity index (χ1) is 21.7. The monoisotopic (exact) mass is 629 g/mol. The maximum atomic E-state index is 13.3. The third-order valence-corrected chi connectivity index (χ3v) is 7.77. The molecular weight excluding hydrogens is 586 g/mol. The van der Waals surface area contributed by atoms with Gasteiger partial charge in [0.25, 0.3) is 0 Å². The van der Waals surface area contributed by atoms with Crippen LogP contribution in [-0.2, 0) is 36.9 Å². The van der Waals surface area contributed by atoms with E-state index in [1.54, 1.807) is 43.1 Å². The van der Waals surface area contributed by atoms with Crippen molar-refractivity contribution in [3.63, 3.8) is 0 Å². The summed E-state index contributed by atoms with van der Waals surface area (Å²) in [5, 5.41) is 21.4. The Bertz CT molecular complexity index is 1260. The van der Waals surface area contributed by atoms with Crippen LogP contribution in [0.25, 0.3) is 0 Å². The van der Waals surface area contributed by atoms with Crippen molar-refractivity contribution in [1.82, 2.24) is 36.4 Å². The highest BCUT2D eigenvalue weighted by Crippen LogP contribution is 2.25. The fraction of sp³-hybridized carbons (Fsp3) is 0.552. The van der Waals surface area contributed by atoms with Crippen LogP contribution in [0.2, 0.25) is 0 Å². The SMILES string of the molecule is CNC(CCCNC(N)=O)C(=O)Nc1ccc(CNC(=O)C(Cc2nnco2)NC(=O)C(C)C(OC)C2CCCN2C=O)cc1. The molecule has 45 heavy (non-hydrogen) atoms. The summed E-state index contributed by atoms with van der Waals surface area (Å²) in [5.74, 6) is -1.58. The summed E-state index contributed by atoms with van der Waals surface area (Å²) in [6, 6.07) is 4.64. The summed E-state index contributed by atoms with van der Waals surface area (Å²) in [6.07, 6.45) is 3.94. The van der Waals surface area contributed by atoms with E-state index in [-0.39, 0.29) is 30.8 Å². The van der Waals surface area contributed by atoms with E-state index in [1.807, 2.05) is 0 Å². The maximum absolute atomic E-state index is 13.3. The number of carbonyl (C=O) groups excluding carboxylic acids is 5. The summed E-state index contributed by atoms with van der Waals surface area (Å²) < 4.78 is 10.9. The highest BCUT2D eigenvalue weighted by atomic mass is 16.5. The fourth-order valence-corrected chi connectivity index (χ4v) is 5.29. The van der Waals surface area contributed by atoms with E-state index in [2.05, 4.69) is 36.8 Å². The highest BCUT2D eigenvalue weighted by molar-refractivity contribution is 5.94. The Morgan fingerprint density at radius 2 is 1.89 bits per heavy atom. The van der Waals surface area contributed by atoms with Crippen LogP contribution in [-0.4, -0.2) is 96.7 Å². The molecule has 1 aliphatic rings. The number of hydrogen-bond donors (Lipinski definition) is 6. The molecule has 2 aromatic rings. The second-order valence-corrected chi connectivity index (χ2v) is 10.8. The van der Waals surface area contributed by atoms with E-state index >= 15 is 0 Å². The van der Waals surface area contributed by atoms with Gasteiger partial charge in [-0.05, 0) is 50.4 Å². The molecule has 1 aliphatic heterocycles. The predicted octanol–water partition coefficient (Wildman–Crippen LogP) is -0.340. The molecule has 5 unspecified atom stereocenters. The number of carbonyl (C=O) groups is 5. The van der Waals surface area contributed by atoms with Gasteiger partial charge in [-0.2, -0.15) is 0 Å². The number of benzene rings is 1. The van der Waals surface area contributed by atoms with Crippen LogP contribution in [0, 0.1) is 5.92 Å². The summed E-state index contributed by atoms with van der Waals surface area (Å²) in [4.78, 5) is 63.2. The number of amides is 6. The van der Waals surface area contributed by atoms with Gasteiger partial charge in [-0.3, -0.25) is 19.2 Å². The van der Waals surface area contributed by atoms with Crippen LogP contribution >= 0.6 is 0 Å². The zero-order valence-electron chi connectivity index (χ0n) is 25.8. The van der Waals surface area contributed by atoms with Gasteiger partial charge in [-0.1, -0.05) is 19.1 Å². The number of nitrogens with two attached hydrogens (primary N) is 1. The molecule has 2 heterocycles. The second-order valence-electron chi connectivity index (χ2n) is 10.8. The van der Waals surface area contributed by atoms with Crippen LogP contribution in [0.15, 0.2) is 35.1 Å². The van der Waals surface area contributed by atoms with Crippen molar-refractivity contribution in [2.75, 3.05) is 32.6 Å². The second kappa shape index (κ2) is 17.7. The molecule has 16 heteroatoms.